The van der Waals surface area contributed by atoms with Crippen molar-refractivity contribution in [1.29, 1.82) is 0 Å². The number of nitrogens with one attached hydrogen (secondary N) is 4. The van der Waals surface area contributed by atoms with Gasteiger partial charge in [0.1, 0.15) is 5.70 Å². The van der Waals surface area contributed by atoms with E-state index in [4.69, 9.17) is 9.97 Å². The van der Waals surface area contributed by atoms with Gasteiger partial charge in [0.15, 0.2) is 5.65 Å². The Morgan fingerprint density at radius 1 is 1.06 bits per heavy atom. The van der Waals surface area contributed by atoms with Gasteiger partial charge in [-0.2, -0.15) is 19.6 Å². The number of carbonyl (C=O) groups is 2. The zero-order chi connectivity index (χ0) is 21.7. The smallest absolute Gasteiger partial charge is 0.326 e. The predicted molar refractivity (Wildman–Crippen MR) is 118 cm³/mol. The average Bonchev–Trinajstić information content (AvgIpc) is 3.42. The zero-order valence-electron chi connectivity index (χ0n) is 17.3. The first-order valence-electron chi connectivity index (χ1n) is 10.8. The summed E-state index contributed by atoms with van der Waals surface area (Å²) >= 11 is 0. The lowest BCUT2D eigenvalue weighted by atomic mass is 9.88. The van der Waals surface area contributed by atoms with Crippen molar-refractivity contribution in [2.24, 2.45) is 0 Å². The van der Waals surface area contributed by atoms with Gasteiger partial charge in [0.05, 0.1) is 12.2 Å². The Morgan fingerprint density at radius 3 is 2.75 bits per heavy atom. The van der Waals surface area contributed by atoms with Crippen LogP contribution >= 0.6 is 0 Å². The van der Waals surface area contributed by atoms with Crippen LogP contribution in [0.25, 0.3) is 11.7 Å². The van der Waals surface area contributed by atoms with Crippen molar-refractivity contribution < 1.29 is 9.59 Å². The van der Waals surface area contributed by atoms with Gasteiger partial charge < -0.3 is 16.0 Å². The SMILES string of the molecule is O=C1NC(=O)/C(=C/c2cnn3c(NC4CC4)nc(NC4CCCc5ccccc54)nc23)N1. The number of hydrogen-bond donors (Lipinski definition) is 4. The third-order valence-corrected chi connectivity index (χ3v) is 6.00. The number of urea groups is 1. The van der Waals surface area contributed by atoms with Crippen LogP contribution < -0.4 is 21.3 Å². The number of amides is 3. The molecule has 32 heavy (non-hydrogen) atoms. The molecule has 3 heterocycles. The monoisotopic (exact) mass is 430 g/mol. The first-order chi connectivity index (χ1) is 15.6. The highest BCUT2D eigenvalue weighted by atomic mass is 16.2. The number of carbonyl (C=O) groups excluding carboxylic acids is 2. The van der Waals surface area contributed by atoms with E-state index >= 15 is 0 Å². The molecule has 10 heteroatoms. The molecule has 10 nitrogen and oxygen atoms in total. The molecule has 3 aliphatic rings. The number of nitrogens with zero attached hydrogens (tertiary/aromatic N) is 4. The van der Waals surface area contributed by atoms with E-state index in [1.807, 2.05) is 0 Å². The Kier molecular flexibility index (Phi) is 4.30. The molecular formula is C22H22N8O2. The lowest BCUT2D eigenvalue weighted by Crippen LogP contribution is -2.22. The van der Waals surface area contributed by atoms with Gasteiger partial charge in [0.2, 0.25) is 11.9 Å². The third kappa shape index (κ3) is 3.43. The minimum Gasteiger partial charge on any atom is -0.351 e. The fraction of sp³-hybridized carbons (Fsp3) is 0.318. The van der Waals surface area contributed by atoms with Crippen molar-refractivity contribution in [2.75, 3.05) is 10.6 Å². The molecule has 1 saturated heterocycles. The van der Waals surface area contributed by atoms with Crippen molar-refractivity contribution in [3.63, 3.8) is 0 Å². The maximum atomic E-state index is 12.0. The van der Waals surface area contributed by atoms with Crippen LogP contribution in [-0.4, -0.2) is 37.6 Å². The molecule has 1 saturated carbocycles. The van der Waals surface area contributed by atoms with Gasteiger partial charge >= 0.3 is 6.03 Å². The fourth-order valence-electron chi connectivity index (χ4n) is 4.26. The standard InChI is InChI=1S/C22H22N8O2/c31-19-17(26-22(32)28-19)10-13-11-23-30-18(13)27-20(29-21(30)24-14-8-9-14)25-16-7-3-5-12-4-1-2-6-15(12)16/h1-2,4,6,10-11,14,16H,3,5,7-9H2,(H2,24,25,27,29)(H2,26,28,31,32)/b17-10-. The van der Waals surface area contributed by atoms with Gasteiger partial charge in [-0.05, 0) is 49.3 Å². The van der Waals surface area contributed by atoms with E-state index in [-0.39, 0.29) is 11.7 Å². The number of aromatic nitrogens is 4. The van der Waals surface area contributed by atoms with Gasteiger partial charge in [-0.25, -0.2) is 4.79 Å². The van der Waals surface area contributed by atoms with Crippen LogP contribution in [0.4, 0.5) is 16.7 Å². The number of fused-ring (bicyclic) bond motifs is 2. The molecule has 3 aromatic rings. The quantitative estimate of drug-likeness (QED) is 0.362. The molecule has 6 rings (SSSR count). The maximum Gasteiger partial charge on any atom is 0.326 e. The van der Waals surface area contributed by atoms with Crippen molar-refractivity contribution in [3.05, 3.63) is 52.8 Å². The summed E-state index contributed by atoms with van der Waals surface area (Å²) in [6.07, 6.45) is 8.56. The Morgan fingerprint density at radius 2 is 1.94 bits per heavy atom. The lowest BCUT2D eigenvalue weighted by Gasteiger charge is -2.26. The largest absolute Gasteiger partial charge is 0.351 e. The third-order valence-electron chi connectivity index (χ3n) is 6.00. The van der Waals surface area contributed by atoms with E-state index in [2.05, 4.69) is 50.6 Å². The minimum absolute atomic E-state index is 0.126. The summed E-state index contributed by atoms with van der Waals surface area (Å²) in [5.74, 6) is 0.632. The highest BCUT2D eigenvalue weighted by Crippen LogP contribution is 2.32. The minimum atomic E-state index is -0.540. The van der Waals surface area contributed by atoms with Gasteiger partial charge in [0.25, 0.3) is 5.91 Å². The Hall–Kier alpha value is -3.95. The van der Waals surface area contributed by atoms with Crippen LogP contribution in [0.5, 0.6) is 0 Å². The predicted octanol–water partition coefficient (Wildman–Crippen LogP) is 2.37. The van der Waals surface area contributed by atoms with Crippen molar-refractivity contribution >= 4 is 35.6 Å². The molecular weight excluding hydrogens is 408 g/mol. The molecule has 0 bridgehead atoms. The normalized spacial score (nSPS) is 21.4. The Labute approximate surface area is 183 Å². The van der Waals surface area contributed by atoms with Crippen LogP contribution in [0.2, 0.25) is 0 Å². The Balaban J connectivity index is 1.40. The molecule has 1 aliphatic heterocycles. The van der Waals surface area contributed by atoms with Gasteiger partial charge in [-0.3, -0.25) is 10.1 Å². The summed E-state index contributed by atoms with van der Waals surface area (Å²) < 4.78 is 1.64. The zero-order valence-corrected chi connectivity index (χ0v) is 17.3. The van der Waals surface area contributed by atoms with Gasteiger partial charge in [-0.1, -0.05) is 24.3 Å². The lowest BCUT2D eigenvalue weighted by molar-refractivity contribution is -0.115. The molecule has 1 atom stereocenters. The van der Waals surface area contributed by atoms with Crippen LogP contribution in [0.15, 0.2) is 36.2 Å². The van der Waals surface area contributed by atoms with E-state index in [1.54, 1.807) is 16.8 Å². The number of imide groups is 1. The van der Waals surface area contributed by atoms with Crippen molar-refractivity contribution in [2.45, 2.75) is 44.2 Å². The number of aryl methyl sites for hydroxylation is 1. The summed E-state index contributed by atoms with van der Waals surface area (Å²) in [7, 11) is 0. The number of rotatable bonds is 5. The highest BCUT2D eigenvalue weighted by Gasteiger charge is 2.27. The molecule has 3 amide bonds. The second kappa shape index (κ2) is 7.33. The summed E-state index contributed by atoms with van der Waals surface area (Å²) in [5.41, 5.74) is 3.96. The summed E-state index contributed by atoms with van der Waals surface area (Å²) in [4.78, 5) is 32.9. The molecule has 2 aromatic heterocycles. The van der Waals surface area contributed by atoms with E-state index in [9.17, 15) is 9.59 Å². The topological polar surface area (TPSA) is 125 Å². The fourth-order valence-corrected chi connectivity index (χ4v) is 4.26. The summed E-state index contributed by atoms with van der Waals surface area (Å²) in [5, 5.41) is 16.1. The van der Waals surface area contributed by atoms with Gasteiger partial charge in [0, 0.05) is 11.6 Å². The molecule has 1 aromatic carbocycles. The summed E-state index contributed by atoms with van der Waals surface area (Å²) in [6, 6.07) is 8.43. The molecule has 162 valence electrons. The summed E-state index contributed by atoms with van der Waals surface area (Å²) in [6.45, 7) is 0. The first-order valence-corrected chi connectivity index (χ1v) is 10.8. The second-order valence-electron chi connectivity index (χ2n) is 8.38. The average molecular weight is 430 g/mol. The molecule has 2 fully saturated rings. The van der Waals surface area contributed by atoms with Crippen LogP contribution in [0.3, 0.4) is 0 Å². The highest BCUT2D eigenvalue weighted by molar-refractivity contribution is 6.14. The molecule has 4 N–H and O–H groups in total. The van der Waals surface area contributed by atoms with Crippen molar-refractivity contribution in [3.8, 4) is 0 Å². The molecule has 2 aliphatic carbocycles. The molecule has 0 radical (unpaired) electrons. The van der Waals surface area contributed by atoms with E-state index in [1.165, 1.54) is 11.1 Å². The number of hydrogen-bond acceptors (Lipinski definition) is 7. The Bertz CT molecular complexity index is 1280. The molecule has 0 spiro atoms. The number of benzene rings is 1. The second-order valence-corrected chi connectivity index (χ2v) is 8.38. The molecule has 1 unspecified atom stereocenters. The van der Waals surface area contributed by atoms with Crippen LogP contribution in [0.1, 0.15) is 48.4 Å². The van der Waals surface area contributed by atoms with Crippen molar-refractivity contribution in [1.82, 2.24) is 30.2 Å². The van der Waals surface area contributed by atoms with E-state index in [0.29, 0.717) is 29.1 Å². The number of anilines is 2. The van der Waals surface area contributed by atoms with Crippen LogP contribution in [0, 0.1) is 0 Å². The maximum absolute atomic E-state index is 12.0. The first kappa shape index (κ1) is 18.8. The van der Waals surface area contributed by atoms with Gasteiger partial charge in [-0.15, -0.1) is 0 Å². The van der Waals surface area contributed by atoms with E-state index in [0.717, 1.165) is 32.1 Å². The van der Waals surface area contributed by atoms with Crippen LogP contribution in [-0.2, 0) is 11.2 Å². The van der Waals surface area contributed by atoms with E-state index < -0.39 is 11.9 Å².